The first-order valence-corrected chi connectivity index (χ1v) is 10.1. The lowest BCUT2D eigenvalue weighted by atomic mass is 9.97. The molecule has 1 aliphatic rings. The van der Waals surface area contributed by atoms with Gasteiger partial charge in [0.2, 0.25) is 5.91 Å². The maximum absolute atomic E-state index is 12.8. The summed E-state index contributed by atoms with van der Waals surface area (Å²) in [6.07, 6.45) is 1.80. The van der Waals surface area contributed by atoms with E-state index in [0.29, 0.717) is 18.8 Å². The van der Waals surface area contributed by atoms with Crippen LogP contribution in [0, 0.1) is 12.8 Å². The summed E-state index contributed by atoms with van der Waals surface area (Å²) in [6.45, 7) is 10.4. The van der Waals surface area contributed by atoms with Crippen LogP contribution in [0.15, 0.2) is 30.3 Å². The molecule has 3 rings (SSSR count). The summed E-state index contributed by atoms with van der Waals surface area (Å²) in [5.74, 6) is -0.562. The fraction of sp³-hybridized carbons (Fsp3) is 0.500. The highest BCUT2D eigenvalue weighted by Crippen LogP contribution is 2.23. The fourth-order valence-corrected chi connectivity index (χ4v) is 3.90. The maximum atomic E-state index is 12.8. The molecule has 0 saturated carbocycles. The van der Waals surface area contributed by atoms with Crippen molar-refractivity contribution >= 4 is 17.5 Å². The lowest BCUT2D eigenvalue weighted by Gasteiger charge is -2.31. The molecule has 0 bridgehead atoms. The first kappa shape index (κ1) is 21.0. The number of piperidine rings is 1. The minimum Gasteiger partial charge on any atom is -0.369 e. The van der Waals surface area contributed by atoms with Crippen molar-refractivity contribution in [3.8, 4) is 0 Å². The number of rotatable bonds is 5. The zero-order valence-electron chi connectivity index (χ0n) is 17.7. The average Bonchev–Trinajstić information content (AvgIpc) is 3.06. The number of aryl methyl sites for hydroxylation is 1. The molecule has 1 saturated heterocycles. The van der Waals surface area contributed by atoms with Gasteiger partial charge in [-0.1, -0.05) is 18.2 Å². The van der Waals surface area contributed by atoms with Crippen molar-refractivity contribution in [1.29, 1.82) is 0 Å². The van der Waals surface area contributed by atoms with Gasteiger partial charge in [-0.3, -0.25) is 19.2 Å². The maximum Gasteiger partial charge on any atom is 0.276 e. The summed E-state index contributed by atoms with van der Waals surface area (Å²) in [5, 5.41) is 7.50. The molecule has 156 valence electrons. The topological polar surface area (TPSA) is 93.2 Å². The highest BCUT2D eigenvalue weighted by molar-refractivity contribution is 6.03. The molecule has 1 aromatic heterocycles. The standard InChI is InChI=1S/C22H31N5O2/c1-15-12-19(25-27(15)22(2,3)4)21(29)24-18-10-6-5-8-16(18)13-26-11-7-9-17(14-26)20(23)28/h5-6,8,10,12,17H,7,9,11,13-14H2,1-4H3,(H2,23,28)(H,24,29). The minimum absolute atomic E-state index is 0.102. The molecule has 1 aliphatic heterocycles. The van der Waals surface area contributed by atoms with Gasteiger partial charge in [0.15, 0.2) is 5.69 Å². The Labute approximate surface area is 172 Å². The molecule has 0 aliphatic carbocycles. The van der Waals surface area contributed by atoms with Crippen LogP contribution in [0.2, 0.25) is 0 Å². The van der Waals surface area contributed by atoms with Crippen LogP contribution in [0.3, 0.4) is 0 Å². The number of nitrogens with one attached hydrogen (secondary N) is 1. The van der Waals surface area contributed by atoms with Gasteiger partial charge in [0, 0.05) is 24.5 Å². The van der Waals surface area contributed by atoms with E-state index in [9.17, 15) is 9.59 Å². The first-order chi connectivity index (χ1) is 13.6. The molecule has 1 aromatic carbocycles. The highest BCUT2D eigenvalue weighted by Gasteiger charge is 2.25. The third-order valence-electron chi connectivity index (χ3n) is 5.32. The van der Waals surface area contributed by atoms with E-state index < -0.39 is 0 Å². The number of nitrogens with zero attached hydrogens (tertiary/aromatic N) is 3. The second-order valence-corrected chi connectivity index (χ2v) is 8.84. The Bertz CT molecular complexity index is 897. The van der Waals surface area contributed by atoms with E-state index in [-0.39, 0.29) is 23.3 Å². The number of amides is 2. The predicted molar refractivity (Wildman–Crippen MR) is 114 cm³/mol. The van der Waals surface area contributed by atoms with E-state index in [2.05, 4.69) is 36.1 Å². The molecule has 2 aromatic rings. The Kier molecular flexibility index (Phi) is 6.07. The Morgan fingerprint density at radius 1 is 1.28 bits per heavy atom. The molecule has 7 heteroatoms. The van der Waals surface area contributed by atoms with Gasteiger partial charge in [-0.05, 0) is 64.8 Å². The van der Waals surface area contributed by atoms with E-state index >= 15 is 0 Å². The van der Waals surface area contributed by atoms with Crippen LogP contribution in [-0.4, -0.2) is 39.6 Å². The molecule has 29 heavy (non-hydrogen) atoms. The van der Waals surface area contributed by atoms with Crippen molar-refractivity contribution in [1.82, 2.24) is 14.7 Å². The van der Waals surface area contributed by atoms with Gasteiger partial charge in [-0.25, -0.2) is 0 Å². The van der Waals surface area contributed by atoms with Gasteiger partial charge in [0.1, 0.15) is 0 Å². The summed E-state index contributed by atoms with van der Waals surface area (Å²) >= 11 is 0. The third kappa shape index (κ3) is 5.03. The van der Waals surface area contributed by atoms with Crippen LogP contribution < -0.4 is 11.1 Å². The highest BCUT2D eigenvalue weighted by atomic mass is 16.2. The number of carbonyl (C=O) groups excluding carboxylic acids is 2. The van der Waals surface area contributed by atoms with Gasteiger partial charge in [0.25, 0.3) is 5.91 Å². The zero-order valence-corrected chi connectivity index (χ0v) is 17.7. The summed E-state index contributed by atoms with van der Waals surface area (Å²) in [7, 11) is 0. The quantitative estimate of drug-likeness (QED) is 0.811. The zero-order chi connectivity index (χ0) is 21.2. The van der Waals surface area contributed by atoms with Crippen LogP contribution in [-0.2, 0) is 16.9 Å². The predicted octanol–water partition coefficient (Wildman–Crippen LogP) is 2.90. The second kappa shape index (κ2) is 8.37. The Morgan fingerprint density at radius 2 is 2.00 bits per heavy atom. The Morgan fingerprint density at radius 3 is 2.66 bits per heavy atom. The number of benzene rings is 1. The summed E-state index contributed by atoms with van der Waals surface area (Å²) in [4.78, 5) is 26.6. The van der Waals surface area contributed by atoms with Crippen LogP contribution in [0.25, 0.3) is 0 Å². The van der Waals surface area contributed by atoms with Crippen molar-refractivity contribution in [2.75, 3.05) is 18.4 Å². The molecule has 1 fully saturated rings. The van der Waals surface area contributed by atoms with E-state index in [1.807, 2.05) is 41.9 Å². The molecular formula is C22H31N5O2. The van der Waals surface area contributed by atoms with Crippen LogP contribution in [0.1, 0.15) is 55.4 Å². The smallest absolute Gasteiger partial charge is 0.276 e. The molecule has 1 atom stereocenters. The van der Waals surface area contributed by atoms with E-state index in [1.165, 1.54) is 0 Å². The summed E-state index contributed by atoms with van der Waals surface area (Å²) in [5.41, 5.74) is 8.43. The number of primary amides is 1. The SMILES string of the molecule is Cc1cc(C(=O)Nc2ccccc2CN2CCCC(C(N)=O)C2)nn1C(C)(C)C. The van der Waals surface area contributed by atoms with Crippen molar-refractivity contribution in [3.63, 3.8) is 0 Å². The van der Waals surface area contributed by atoms with Gasteiger partial charge in [0.05, 0.1) is 11.5 Å². The van der Waals surface area contributed by atoms with Gasteiger partial charge >= 0.3 is 0 Å². The number of hydrogen-bond acceptors (Lipinski definition) is 4. The van der Waals surface area contributed by atoms with Gasteiger partial charge in [-0.2, -0.15) is 5.10 Å². The number of carbonyl (C=O) groups is 2. The van der Waals surface area contributed by atoms with E-state index in [4.69, 9.17) is 5.73 Å². The molecular weight excluding hydrogens is 366 g/mol. The molecule has 1 unspecified atom stereocenters. The number of likely N-dealkylation sites (tertiary alicyclic amines) is 1. The third-order valence-corrected chi connectivity index (χ3v) is 5.32. The average molecular weight is 398 g/mol. The number of hydrogen-bond donors (Lipinski definition) is 2. The Balaban J connectivity index is 1.74. The lowest BCUT2D eigenvalue weighted by molar-refractivity contribution is -0.123. The van der Waals surface area contributed by atoms with Crippen molar-refractivity contribution in [2.45, 2.75) is 52.6 Å². The summed E-state index contributed by atoms with van der Waals surface area (Å²) in [6, 6.07) is 9.57. The molecule has 7 nitrogen and oxygen atoms in total. The molecule has 0 spiro atoms. The fourth-order valence-electron chi connectivity index (χ4n) is 3.90. The number of para-hydroxylation sites is 1. The van der Waals surface area contributed by atoms with Gasteiger partial charge in [-0.15, -0.1) is 0 Å². The van der Waals surface area contributed by atoms with Crippen molar-refractivity contribution in [2.24, 2.45) is 11.7 Å². The monoisotopic (exact) mass is 397 g/mol. The summed E-state index contributed by atoms with van der Waals surface area (Å²) < 4.78 is 1.87. The van der Waals surface area contributed by atoms with Crippen LogP contribution in [0.5, 0.6) is 0 Å². The number of aromatic nitrogens is 2. The number of nitrogens with two attached hydrogens (primary N) is 1. The largest absolute Gasteiger partial charge is 0.369 e. The normalized spacial score (nSPS) is 17.9. The molecule has 2 amide bonds. The van der Waals surface area contributed by atoms with Crippen molar-refractivity contribution < 1.29 is 9.59 Å². The first-order valence-electron chi connectivity index (χ1n) is 10.1. The molecule has 0 radical (unpaired) electrons. The molecule has 3 N–H and O–H groups in total. The van der Waals surface area contributed by atoms with Gasteiger partial charge < -0.3 is 11.1 Å². The second-order valence-electron chi connectivity index (χ2n) is 8.84. The minimum atomic E-state index is -0.235. The molecule has 2 heterocycles. The van der Waals surface area contributed by atoms with E-state index in [0.717, 1.165) is 36.3 Å². The van der Waals surface area contributed by atoms with Crippen molar-refractivity contribution in [3.05, 3.63) is 47.3 Å². The lowest BCUT2D eigenvalue weighted by Crippen LogP contribution is -2.40. The van der Waals surface area contributed by atoms with E-state index in [1.54, 1.807) is 0 Å². The Hall–Kier alpha value is -2.67. The van der Waals surface area contributed by atoms with Crippen LogP contribution >= 0.6 is 0 Å². The van der Waals surface area contributed by atoms with Crippen LogP contribution in [0.4, 0.5) is 5.69 Å². The number of anilines is 1.